The van der Waals surface area contributed by atoms with Gasteiger partial charge in [-0.25, -0.2) is 4.39 Å². The van der Waals surface area contributed by atoms with Crippen LogP contribution in [0.2, 0.25) is 0 Å². The van der Waals surface area contributed by atoms with Crippen LogP contribution in [0.3, 0.4) is 0 Å². The van der Waals surface area contributed by atoms with E-state index in [2.05, 4.69) is 5.16 Å². The monoisotopic (exact) mass is 220 g/mol. The van der Waals surface area contributed by atoms with Crippen LogP contribution in [0.4, 0.5) is 4.39 Å². The molecule has 2 aromatic rings. The number of hydrogen-bond donors (Lipinski definition) is 1. The zero-order valence-electron chi connectivity index (χ0n) is 8.98. The summed E-state index contributed by atoms with van der Waals surface area (Å²) >= 11 is 0. The van der Waals surface area contributed by atoms with E-state index in [0.29, 0.717) is 12.2 Å². The molecular formula is C12H13FN2O. The Kier molecular flexibility index (Phi) is 3.01. The molecule has 0 aliphatic heterocycles. The highest BCUT2D eigenvalue weighted by atomic mass is 19.1. The lowest BCUT2D eigenvalue weighted by Gasteiger charge is -1.97. The molecule has 1 atom stereocenters. The fourth-order valence-electron chi connectivity index (χ4n) is 1.49. The van der Waals surface area contributed by atoms with E-state index < -0.39 is 0 Å². The molecule has 0 radical (unpaired) electrons. The number of hydrogen-bond acceptors (Lipinski definition) is 3. The number of aromatic nitrogens is 1. The van der Waals surface area contributed by atoms with E-state index >= 15 is 0 Å². The number of halogens is 1. The predicted molar refractivity (Wildman–Crippen MR) is 59.3 cm³/mol. The third-order valence-electron chi connectivity index (χ3n) is 2.22. The van der Waals surface area contributed by atoms with E-state index in [-0.39, 0.29) is 11.9 Å². The fraction of sp³-hybridized carbons (Fsp3) is 0.250. The van der Waals surface area contributed by atoms with Crippen LogP contribution in [-0.2, 0) is 6.42 Å². The van der Waals surface area contributed by atoms with Crippen LogP contribution in [0, 0.1) is 5.82 Å². The molecule has 0 saturated carbocycles. The first-order valence-corrected chi connectivity index (χ1v) is 5.12. The van der Waals surface area contributed by atoms with Gasteiger partial charge < -0.3 is 10.3 Å². The summed E-state index contributed by atoms with van der Waals surface area (Å²) in [4.78, 5) is 0. The summed E-state index contributed by atoms with van der Waals surface area (Å²) < 4.78 is 17.9. The first-order valence-electron chi connectivity index (χ1n) is 5.12. The normalized spacial score (nSPS) is 12.7. The van der Waals surface area contributed by atoms with Crippen molar-refractivity contribution in [2.75, 3.05) is 0 Å². The van der Waals surface area contributed by atoms with E-state index in [1.54, 1.807) is 12.1 Å². The lowest BCUT2D eigenvalue weighted by atomic mass is 10.1. The van der Waals surface area contributed by atoms with Crippen molar-refractivity contribution in [2.24, 2.45) is 5.73 Å². The van der Waals surface area contributed by atoms with Gasteiger partial charge in [0.2, 0.25) is 0 Å². The minimum Gasteiger partial charge on any atom is -0.356 e. The van der Waals surface area contributed by atoms with E-state index in [1.165, 1.54) is 12.1 Å². The van der Waals surface area contributed by atoms with E-state index in [4.69, 9.17) is 10.3 Å². The summed E-state index contributed by atoms with van der Waals surface area (Å²) in [6.07, 6.45) is 0.671. The lowest BCUT2D eigenvalue weighted by molar-refractivity contribution is 0.421. The zero-order valence-corrected chi connectivity index (χ0v) is 8.98. The quantitative estimate of drug-likeness (QED) is 0.863. The summed E-state index contributed by atoms with van der Waals surface area (Å²) in [6, 6.07) is 7.98. The summed E-state index contributed by atoms with van der Waals surface area (Å²) in [5.74, 6) is 0.370. The predicted octanol–water partition coefficient (Wildman–Crippen LogP) is 2.37. The fourth-order valence-corrected chi connectivity index (χ4v) is 1.49. The van der Waals surface area contributed by atoms with Crippen LogP contribution in [0.5, 0.6) is 0 Å². The average Bonchev–Trinajstić information content (AvgIpc) is 2.66. The van der Waals surface area contributed by atoms with Gasteiger partial charge in [0.05, 0.1) is 5.69 Å². The lowest BCUT2D eigenvalue weighted by Crippen LogP contribution is -2.17. The molecule has 1 aromatic heterocycles. The van der Waals surface area contributed by atoms with Gasteiger partial charge in [0.15, 0.2) is 5.76 Å². The van der Waals surface area contributed by atoms with Crippen LogP contribution in [0.15, 0.2) is 34.9 Å². The van der Waals surface area contributed by atoms with E-state index in [1.807, 2.05) is 13.0 Å². The second-order valence-electron chi connectivity index (χ2n) is 3.87. The molecule has 1 unspecified atom stereocenters. The molecule has 1 heterocycles. The van der Waals surface area contributed by atoms with Crippen LogP contribution < -0.4 is 5.73 Å². The molecule has 0 aliphatic carbocycles. The van der Waals surface area contributed by atoms with Gasteiger partial charge in [0.1, 0.15) is 5.82 Å². The maximum absolute atomic E-state index is 12.7. The van der Waals surface area contributed by atoms with E-state index in [0.717, 1.165) is 11.3 Å². The zero-order chi connectivity index (χ0) is 11.5. The summed E-state index contributed by atoms with van der Waals surface area (Å²) in [5.41, 5.74) is 7.29. The Morgan fingerprint density at radius 3 is 2.69 bits per heavy atom. The van der Waals surface area contributed by atoms with Crippen LogP contribution in [0.25, 0.3) is 11.3 Å². The van der Waals surface area contributed by atoms with Gasteiger partial charge in [-0.1, -0.05) is 5.16 Å². The van der Waals surface area contributed by atoms with Crippen molar-refractivity contribution in [2.45, 2.75) is 19.4 Å². The van der Waals surface area contributed by atoms with Crippen LogP contribution in [-0.4, -0.2) is 11.2 Å². The van der Waals surface area contributed by atoms with Gasteiger partial charge in [-0.05, 0) is 31.2 Å². The summed E-state index contributed by atoms with van der Waals surface area (Å²) in [5, 5.41) is 3.91. The van der Waals surface area contributed by atoms with Gasteiger partial charge in [0, 0.05) is 24.1 Å². The Labute approximate surface area is 93.1 Å². The number of rotatable bonds is 3. The third-order valence-corrected chi connectivity index (χ3v) is 2.22. The second-order valence-corrected chi connectivity index (χ2v) is 3.87. The maximum atomic E-state index is 12.7. The molecule has 0 amide bonds. The first-order chi connectivity index (χ1) is 7.65. The van der Waals surface area contributed by atoms with Gasteiger partial charge in [-0.2, -0.15) is 0 Å². The van der Waals surface area contributed by atoms with Crippen molar-refractivity contribution in [1.82, 2.24) is 5.16 Å². The van der Waals surface area contributed by atoms with Crippen LogP contribution in [0.1, 0.15) is 12.6 Å². The highest BCUT2D eigenvalue weighted by Crippen LogP contribution is 2.20. The molecule has 84 valence electrons. The molecule has 16 heavy (non-hydrogen) atoms. The smallest absolute Gasteiger partial charge is 0.167 e. The summed E-state index contributed by atoms with van der Waals surface area (Å²) in [7, 11) is 0. The minimum absolute atomic E-state index is 0.0474. The van der Waals surface area contributed by atoms with Crippen molar-refractivity contribution < 1.29 is 8.91 Å². The molecule has 2 N–H and O–H groups in total. The molecule has 0 bridgehead atoms. The molecule has 0 aliphatic rings. The summed E-state index contributed by atoms with van der Waals surface area (Å²) in [6.45, 7) is 1.91. The Morgan fingerprint density at radius 2 is 2.06 bits per heavy atom. The molecule has 0 saturated heterocycles. The largest absolute Gasteiger partial charge is 0.356 e. The van der Waals surface area contributed by atoms with Gasteiger partial charge >= 0.3 is 0 Å². The first kappa shape index (κ1) is 10.8. The second kappa shape index (κ2) is 4.45. The standard InChI is InChI=1S/C12H13FN2O/c1-8(14)6-11-7-12(16-15-11)9-2-4-10(13)5-3-9/h2-5,7-8H,6,14H2,1H3. The van der Waals surface area contributed by atoms with E-state index in [9.17, 15) is 4.39 Å². The molecule has 3 nitrogen and oxygen atoms in total. The van der Waals surface area contributed by atoms with Crippen LogP contribution >= 0.6 is 0 Å². The highest BCUT2D eigenvalue weighted by Gasteiger charge is 2.08. The van der Waals surface area contributed by atoms with Crippen molar-refractivity contribution >= 4 is 0 Å². The third kappa shape index (κ3) is 2.46. The molecule has 4 heteroatoms. The van der Waals surface area contributed by atoms with Crippen molar-refractivity contribution in [3.05, 3.63) is 41.8 Å². The molecule has 0 fully saturated rings. The SMILES string of the molecule is CC(N)Cc1cc(-c2ccc(F)cc2)on1. The Balaban J connectivity index is 2.21. The molecular weight excluding hydrogens is 207 g/mol. The number of nitrogens with two attached hydrogens (primary N) is 1. The maximum Gasteiger partial charge on any atom is 0.167 e. The van der Waals surface area contributed by atoms with Crippen molar-refractivity contribution in [3.63, 3.8) is 0 Å². The molecule has 1 aromatic carbocycles. The average molecular weight is 220 g/mol. The number of benzene rings is 1. The number of nitrogens with zero attached hydrogens (tertiary/aromatic N) is 1. The van der Waals surface area contributed by atoms with Gasteiger partial charge in [-0.3, -0.25) is 0 Å². The minimum atomic E-state index is -0.265. The van der Waals surface area contributed by atoms with Gasteiger partial charge in [-0.15, -0.1) is 0 Å². The Morgan fingerprint density at radius 1 is 1.38 bits per heavy atom. The van der Waals surface area contributed by atoms with Gasteiger partial charge in [0.25, 0.3) is 0 Å². The molecule has 2 rings (SSSR count). The molecule has 0 spiro atoms. The highest BCUT2D eigenvalue weighted by molar-refractivity contribution is 5.57. The topological polar surface area (TPSA) is 52.0 Å². The van der Waals surface area contributed by atoms with Crippen molar-refractivity contribution in [3.8, 4) is 11.3 Å². The van der Waals surface area contributed by atoms with Crippen molar-refractivity contribution in [1.29, 1.82) is 0 Å². The Bertz CT molecular complexity index is 462. The Hall–Kier alpha value is -1.68.